The van der Waals surface area contributed by atoms with E-state index in [1.807, 2.05) is 0 Å². The molecule has 0 radical (unpaired) electrons. The summed E-state index contributed by atoms with van der Waals surface area (Å²) in [6, 6.07) is 3.63. The number of carbonyl (C=O) groups is 1. The first-order valence-corrected chi connectivity index (χ1v) is 10.7. The van der Waals surface area contributed by atoms with Crippen molar-refractivity contribution < 1.29 is 10.9 Å². The summed E-state index contributed by atoms with van der Waals surface area (Å²) < 4.78 is 12.8. The zero-order chi connectivity index (χ0) is 16.6. The SMILES string of the molecule is [2H]C=C(C)C(=O)OC[Si](CC(C)C)(CC(C)C)CC(C)C. The number of carbonyl (C=O) groups excluding carboxylic acids is 1. The topological polar surface area (TPSA) is 26.3 Å². The van der Waals surface area contributed by atoms with Crippen molar-refractivity contribution in [1.29, 1.82) is 0 Å². The minimum absolute atomic E-state index is 0.321. The number of hydrogen-bond donors (Lipinski definition) is 0. The van der Waals surface area contributed by atoms with E-state index in [4.69, 9.17) is 6.11 Å². The van der Waals surface area contributed by atoms with Gasteiger partial charge in [-0.15, -0.1) is 0 Å². The van der Waals surface area contributed by atoms with Gasteiger partial charge in [0.15, 0.2) is 0 Å². The van der Waals surface area contributed by atoms with Crippen LogP contribution < -0.4 is 0 Å². The van der Waals surface area contributed by atoms with Gasteiger partial charge in [0, 0.05) is 5.57 Å². The molecule has 0 aromatic heterocycles. The number of hydrogen-bond acceptors (Lipinski definition) is 2. The maximum atomic E-state index is 11.9. The van der Waals surface area contributed by atoms with Crippen LogP contribution in [-0.2, 0) is 9.53 Å². The van der Waals surface area contributed by atoms with E-state index in [-0.39, 0.29) is 5.97 Å². The zero-order valence-electron chi connectivity index (χ0n) is 15.5. The third kappa shape index (κ3) is 7.88. The Morgan fingerprint density at radius 1 is 1.05 bits per heavy atom. The summed E-state index contributed by atoms with van der Waals surface area (Å²) in [7, 11) is -1.64. The predicted molar refractivity (Wildman–Crippen MR) is 90.5 cm³/mol. The third-order valence-corrected chi connectivity index (χ3v) is 9.16. The number of ether oxygens (including phenoxy) is 1. The first kappa shape index (κ1) is 17.5. The molecule has 0 aliphatic heterocycles. The molecule has 0 heterocycles. The largest absolute Gasteiger partial charge is 0.466 e. The third-order valence-electron chi connectivity index (χ3n) is 3.36. The lowest BCUT2D eigenvalue weighted by atomic mass is 10.2. The highest BCUT2D eigenvalue weighted by Crippen LogP contribution is 2.32. The molecule has 0 spiro atoms. The minimum Gasteiger partial charge on any atom is -0.466 e. The molecule has 0 atom stereocenters. The first-order chi connectivity index (χ1) is 9.61. The lowest BCUT2D eigenvalue weighted by Gasteiger charge is -2.35. The van der Waals surface area contributed by atoms with Crippen LogP contribution in [0.1, 0.15) is 49.8 Å². The molecule has 118 valence electrons. The second-order valence-electron chi connectivity index (χ2n) is 7.55. The van der Waals surface area contributed by atoms with Crippen LogP contribution in [0.3, 0.4) is 0 Å². The summed E-state index contributed by atoms with van der Waals surface area (Å²) in [5.74, 6) is 1.60. The van der Waals surface area contributed by atoms with Gasteiger partial charge in [-0.3, -0.25) is 0 Å². The highest BCUT2D eigenvalue weighted by Gasteiger charge is 2.36. The van der Waals surface area contributed by atoms with Crippen molar-refractivity contribution in [3.8, 4) is 0 Å². The molecule has 0 N–H and O–H groups in total. The van der Waals surface area contributed by atoms with Gasteiger partial charge < -0.3 is 4.74 Å². The summed E-state index contributed by atoms with van der Waals surface area (Å²) in [5, 5.41) is 0. The molecule has 0 unspecified atom stereocenters. The maximum absolute atomic E-state index is 11.9. The average Bonchev–Trinajstić information content (AvgIpc) is 2.32. The molecule has 0 aromatic carbocycles. The van der Waals surface area contributed by atoms with Gasteiger partial charge in [0.05, 0.1) is 15.7 Å². The van der Waals surface area contributed by atoms with Crippen molar-refractivity contribution in [2.75, 3.05) is 6.23 Å². The minimum atomic E-state index is -1.64. The van der Waals surface area contributed by atoms with Crippen LogP contribution in [-0.4, -0.2) is 20.3 Å². The van der Waals surface area contributed by atoms with Crippen molar-refractivity contribution in [3.63, 3.8) is 0 Å². The van der Waals surface area contributed by atoms with Crippen LogP contribution >= 0.6 is 0 Å². The Hall–Kier alpha value is -0.573. The van der Waals surface area contributed by atoms with Gasteiger partial charge in [-0.05, 0) is 24.7 Å². The van der Waals surface area contributed by atoms with E-state index in [0.717, 1.165) is 6.55 Å². The molecule has 0 bridgehead atoms. The molecule has 0 saturated heterocycles. The highest BCUT2D eigenvalue weighted by molar-refractivity contribution is 6.80. The summed E-state index contributed by atoms with van der Waals surface area (Å²) in [5.41, 5.74) is 0.386. The average molecular weight is 300 g/mol. The lowest BCUT2D eigenvalue weighted by Crippen LogP contribution is -2.44. The molecule has 20 heavy (non-hydrogen) atoms. The van der Waals surface area contributed by atoms with E-state index in [9.17, 15) is 4.79 Å². The molecule has 0 aromatic rings. The van der Waals surface area contributed by atoms with E-state index in [1.54, 1.807) is 6.92 Å². The van der Waals surface area contributed by atoms with Gasteiger partial charge in [-0.2, -0.15) is 0 Å². The first-order valence-electron chi connectivity index (χ1n) is 8.42. The van der Waals surface area contributed by atoms with E-state index >= 15 is 0 Å². The summed E-state index contributed by atoms with van der Waals surface area (Å²) in [6.45, 7) is 16.3. The molecule has 0 aliphatic carbocycles. The Morgan fingerprint density at radius 2 is 1.45 bits per heavy atom. The second kappa shape index (κ2) is 8.66. The van der Waals surface area contributed by atoms with Gasteiger partial charge in [0.25, 0.3) is 0 Å². The second-order valence-corrected chi connectivity index (χ2v) is 12.1. The van der Waals surface area contributed by atoms with Crippen molar-refractivity contribution in [2.24, 2.45) is 17.8 Å². The van der Waals surface area contributed by atoms with Crippen LogP contribution in [0, 0.1) is 17.8 Å². The normalized spacial score (nSPS) is 14.1. The van der Waals surface area contributed by atoms with Gasteiger partial charge in [-0.25, -0.2) is 4.79 Å². The van der Waals surface area contributed by atoms with E-state index in [2.05, 4.69) is 41.5 Å². The molecule has 0 saturated carbocycles. The van der Waals surface area contributed by atoms with E-state index in [0.29, 0.717) is 29.6 Å². The van der Waals surface area contributed by atoms with Crippen molar-refractivity contribution in [3.05, 3.63) is 12.1 Å². The molecular formula is C17H34O2Si. The fourth-order valence-corrected chi connectivity index (χ4v) is 9.84. The molecular weight excluding hydrogens is 264 g/mol. The summed E-state index contributed by atoms with van der Waals surface area (Å²) in [6.07, 6.45) is 0.603. The molecule has 0 fully saturated rings. The maximum Gasteiger partial charge on any atom is 0.332 e. The smallest absolute Gasteiger partial charge is 0.332 e. The quantitative estimate of drug-likeness (QED) is 0.338. The van der Waals surface area contributed by atoms with Crippen molar-refractivity contribution in [1.82, 2.24) is 0 Å². The molecule has 2 nitrogen and oxygen atoms in total. The molecule has 0 rings (SSSR count). The van der Waals surface area contributed by atoms with Crippen LogP contribution in [0.25, 0.3) is 0 Å². The lowest BCUT2D eigenvalue weighted by molar-refractivity contribution is -0.137. The van der Waals surface area contributed by atoms with Crippen molar-refractivity contribution >= 4 is 14.0 Å². The molecule has 0 amide bonds. The van der Waals surface area contributed by atoms with Gasteiger partial charge >= 0.3 is 5.97 Å². The van der Waals surface area contributed by atoms with Crippen LogP contribution in [0.2, 0.25) is 18.1 Å². The van der Waals surface area contributed by atoms with Crippen LogP contribution in [0.4, 0.5) is 0 Å². The number of rotatable bonds is 9. The van der Waals surface area contributed by atoms with Crippen molar-refractivity contribution in [2.45, 2.75) is 66.6 Å². The monoisotopic (exact) mass is 299 g/mol. The standard InChI is InChI=1S/C17H34O2Si/c1-13(2)9-20(10-14(3)4,11-15(5)6)12-19-17(18)16(7)8/h13-15H,7,9-12H2,1-6,8H3/i7D. The van der Waals surface area contributed by atoms with E-state index < -0.39 is 8.07 Å². The number of esters is 1. The van der Waals surface area contributed by atoms with Gasteiger partial charge in [-0.1, -0.05) is 66.2 Å². The van der Waals surface area contributed by atoms with Crippen LogP contribution in [0.15, 0.2) is 12.1 Å². The molecule has 0 aliphatic rings. The Morgan fingerprint density at radius 3 is 1.75 bits per heavy atom. The highest BCUT2D eigenvalue weighted by atomic mass is 28.3. The molecule has 3 heteroatoms. The fourth-order valence-electron chi connectivity index (χ4n) is 3.36. The van der Waals surface area contributed by atoms with Gasteiger partial charge in [0.2, 0.25) is 0 Å². The summed E-state index contributed by atoms with van der Waals surface area (Å²) in [4.78, 5) is 11.9. The zero-order valence-corrected chi connectivity index (χ0v) is 15.5. The Balaban J connectivity index is 5.09. The van der Waals surface area contributed by atoms with Crippen LogP contribution in [0.5, 0.6) is 0 Å². The Bertz CT molecular complexity index is 322. The Kier molecular flexibility index (Phi) is 7.56. The fraction of sp³-hybridized carbons (Fsp3) is 0.824. The summed E-state index contributed by atoms with van der Waals surface area (Å²) >= 11 is 0. The van der Waals surface area contributed by atoms with E-state index in [1.165, 1.54) is 18.1 Å². The van der Waals surface area contributed by atoms with Gasteiger partial charge in [0.1, 0.15) is 0 Å². The predicted octanol–water partition coefficient (Wildman–Crippen LogP) is 5.06. The Labute approximate surface area is 128 Å².